The van der Waals surface area contributed by atoms with Gasteiger partial charge >= 0.3 is 6.09 Å². The Morgan fingerprint density at radius 1 is 1.33 bits per heavy atom. The molecule has 3 aromatic rings. The zero-order valence-corrected chi connectivity index (χ0v) is 17.7. The molecule has 1 saturated heterocycles. The molecule has 0 bridgehead atoms. The van der Waals surface area contributed by atoms with Crippen molar-refractivity contribution in [2.45, 2.75) is 58.2 Å². The molecule has 160 valence electrons. The highest BCUT2D eigenvalue weighted by Gasteiger charge is 2.25. The molecule has 1 unspecified atom stereocenters. The first kappa shape index (κ1) is 20.4. The molecule has 8 nitrogen and oxygen atoms in total. The number of fused-ring (bicyclic) bond motifs is 3. The molecule has 0 aliphatic carbocycles. The first-order valence-electron chi connectivity index (χ1n) is 10.4. The number of ether oxygens (including phenoxy) is 1. The summed E-state index contributed by atoms with van der Waals surface area (Å²) in [5, 5.41) is 3.71. The fraction of sp³-hybridized carbons (Fsp3) is 0.500. The molecule has 0 saturated carbocycles. The van der Waals surface area contributed by atoms with Gasteiger partial charge in [0.1, 0.15) is 22.5 Å². The van der Waals surface area contributed by atoms with Crippen LogP contribution in [-0.4, -0.2) is 45.7 Å². The monoisotopic (exact) mass is 412 g/mol. The van der Waals surface area contributed by atoms with Gasteiger partial charge in [0.25, 0.3) is 5.56 Å². The van der Waals surface area contributed by atoms with E-state index >= 15 is 0 Å². The van der Waals surface area contributed by atoms with Gasteiger partial charge in [0.2, 0.25) is 5.58 Å². The van der Waals surface area contributed by atoms with E-state index in [4.69, 9.17) is 14.1 Å². The van der Waals surface area contributed by atoms with Gasteiger partial charge < -0.3 is 19.5 Å². The van der Waals surface area contributed by atoms with Gasteiger partial charge in [0, 0.05) is 18.0 Å². The third-order valence-electron chi connectivity index (χ3n) is 5.26. The Balaban J connectivity index is 1.51. The first-order valence-corrected chi connectivity index (χ1v) is 10.4. The van der Waals surface area contributed by atoms with Crippen LogP contribution in [0.4, 0.5) is 4.79 Å². The predicted octanol–water partition coefficient (Wildman–Crippen LogP) is 3.55. The van der Waals surface area contributed by atoms with Crippen LogP contribution in [0.15, 0.2) is 33.5 Å². The van der Waals surface area contributed by atoms with Crippen molar-refractivity contribution in [1.29, 1.82) is 0 Å². The van der Waals surface area contributed by atoms with E-state index in [0.29, 0.717) is 30.0 Å². The topological polar surface area (TPSA) is 100 Å². The van der Waals surface area contributed by atoms with Crippen molar-refractivity contribution >= 4 is 28.2 Å². The van der Waals surface area contributed by atoms with Crippen LogP contribution in [0.5, 0.6) is 0 Å². The van der Waals surface area contributed by atoms with E-state index in [1.807, 2.05) is 45.0 Å². The SMILES string of the molecule is CC(C)(C)OC(=O)NCC1CCCCN1Cc1nc2c(oc3ccccc32)c(=O)[nH]1. The maximum absolute atomic E-state index is 12.6. The van der Waals surface area contributed by atoms with Gasteiger partial charge in [0.15, 0.2) is 0 Å². The normalized spacial score (nSPS) is 18.0. The molecular weight excluding hydrogens is 384 g/mol. The Morgan fingerprint density at radius 2 is 2.13 bits per heavy atom. The fourth-order valence-electron chi connectivity index (χ4n) is 3.93. The van der Waals surface area contributed by atoms with Crippen LogP contribution in [-0.2, 0) is 11.3 Å². The van der Waals surface area contributed by atoms with Gasteiger partial charge in [-0.05, 0) is 52.3 Å². The molecule has 1 atom stereocenters. The number of nitrogens with one attached hydrogen (secondary N) is 2. The van der Waals surface area contributed by atoms with E-state index in [2.05, 4.69) is 15.2 Å². The largest absolute Gasteiger partial charge is 0.449 e. The number of furan rings is 1. The van der Waals surface area contributed by atoms with E-state index in [1.54, 1.807) is 0 Å². The third-order valence-corrected chi connectivity index (χ3v) is 5.26. The number of amides is 1. The number of H-pyrrole nitrogens is 1. The van der Waals surface area contributed by atoms with Crippen molar-refractivity contribution in [2.24, 2.45) is 0 Å². The Bertz CT molecular complexity index is 1110. The highest BCUT2D eigenvalue weighted by atomic mass is 16.6. The van der Waals surface area contributed by atoms with Crippen LogP contribution in [0.3, 0.4) is 0 Å². The molecule has 0 radical (unpaired) electrons. The summed E-state index contributed by atoms with van der Waals surface area (Å²) in [4.78, 5) is 34.4. The minimum absolute atomic E-state index is 0.161. The molecule has 3 heterocycles. The van der Waals surface area contributed by atoms with Gasteiger partial charge in [-0.25, -0.2) is 9.78 Å². The summed E-state index contributed by atoms with van der Waals surface area (Å²) in [6.45, 7) is 7.42. The second-order valence-corrected chi connectivity index (χ2v) is 8.79. The van der Waals surface area contributed by atoms with Gasteiger partial charge in [-0.2, -0.15) is 0 Å². The lowest BCUT2D eigenvalue weighted by molar-refractivity contribution is 0.0491. The molecule has 1 aromatic carbocycles. The highest BCUT2D eigenvalue weighted by Crippen LogP contribution is 2.25. The summed E-state index contributed by atoms with van der Waals surface area (Å²) in [5.74, 6) is 0.600. The second kappa shape index (κ2) is 8.10. The number of hydrogen-bond acceptors (Lipinski definition) is 6. The summed E-state index contributed by atoms with van der Waals surface area (Å²) in [6.07, 6.45) is 2.74. The number of nitrogens with zero attached hydrogens (tertiary/aromatic N) is 2. The van der Waals surface area contributed by atoms with Gasteiger partial charge in [-0.15, -0.1) is 0 Å². The molecule has 2 aromatic heterocycles. The van der Waals surface area contributed by atoms with Crippen LogP contribution in [0.25, 0.3) is 22.1 Å². The van der Waals surface area contributed by atoms with E-state index in [9.17, 15) is 9.59 Å². The maximum atomic E-state index is 12.6. The summed E-state index contributed by atoms with van der Waals surface area (Å²) in [7, 11) is 0. The smallest absolute Gasteiger partial charge is 0.407 e. The van der Waals surface area contributed by atoms with Crippen molar-refractivity contribution in [3.8, 4) is 0 Å². The lowest BCUT2D eigenvalue weighted by Gasteiger charge is -2.35. The number of carbonyl (C=O) groups is 1. The van der Waals surface area contributed by atoms with Crippen LogP contribution in [0.1, 0.15) is 45.9 Å². The number of carbonyl (C=O) groups excluding carboxylic acids is 1. The molecule has 1 aliphatic heterocycles. The minimum atomic E-state index is -0.525. The lowest BCUT2D eigenvalue weighted by atomic mass is 10.0. The van der Waals surface area contributed by atoms with Crippen molar-refractivity contribution in [3.05, 3.63) is 40.4 Å². The van der Waals surface area contributed by atoms with E-state index in [-0.39, 0.29) is 17.2 Å². The van der Waals surface area contributed by atoms with Crippen molar-refractivity contribution in [2.75, 3.05) is 13.1 Å². The summed E-state index contributed by atoms with van der Waals surface area (Å²) in [5.41, 5.74) is 0.695. The molecule has 8 heteroatoms. The number of rotatable bonds is 4. The maximum Gasteiger partial charge on any atom is 0.407 e. The van der Waals surface area contributed by atoms with Crippen LogP contribution < -0.4 is 10.9 Å². The summed E-state index contributed by atoms with van der Waals surface area (Å²) in [6, 6.07) is 7.68. The summed E-state index contributed by atoms with van der Waals surface area (Å²) < 4.78 is 11.0. The van der Waals surface area contributed by atoms with Crippen molar-refractivity contribution in [1.82, 2.24) is 20.2 Å². The quantitative estimate of drug-likeness (QED) is 0.680. The van der Waals surface area contributed by atoms with Gasteiger partial charge in [-0.1, -0.05) is 18.6 Å². The van der Waals surface area contributed by atoms with E-state index in [0.717, 1.165) is 31.2 Å². The Kier molecular flexibility index (Phi) is 5.51. The average molecular weight is 412 g/mol. The number of benzene rings is 1. The number of alkyl carbamates (subject to hydrolysis) is 1. The molecule has 4 rings (SSSR count). The lowest BCUT2D eigenvalue weighted by Crippen LogP contribution is -2.47. The zero-order chi connectivity index (χ0) is 21.3. The van der Waals surface area contributed by atoms with E-state index in [1.165, 1.54) is 0 Å². The van der Waals surface area contributed by atoms with Crippen LogP contribution in [0, 0.1) is 0 Å². The van der Waals surface area contributed by atoms with Crippen molar-refractivity contribution < 1.29 is 13.9 Å². The minimum Gasteiger partial charge on any atom is -0.449 e. The Labute approximate surface area is 174 Å². The molecule has 2 N–H and O–H groups in total. The molecule has 0 spiro atoms. The highest BCUT2D eigenvalue weighted by molar-refractivity contribution is 6.01. The molecular formula is C22H28N4O4. The number of piperidine rings is 1. The molecule has 1 fully saturated rings. The third kappa shape index (κ3) is 4.48. The van der Waals surface area contributed by atoms with E-state index < -0.39 is 11.7 Å². The number of likely N-dealkylation sites (tertiary alicyclic amines) is 1. The standard InChI is InChI=1S/C22H28N4O4/c1-22(2,3)30-21(28)23-12-14-8-6-7-11-26(14)13-17-24-18-15-9-4-5-10-16(15)29-19(18)20(27)25-17/h4-5,9-10,14H,6-8,11-13H2,1-3H3,(H,23,28)(H,24,25,27). The summed E-state index contributed by atoms with van der Waals surface area (Å²) >= 11 is 0. The number of hydrogen-bond donors (Lipinski definition) is 2. The Hall–Kier alpha value is -2.87. The molecule has 30 heavy (non-hydrogen) atoms. The predicted molar refractivity (Wildman–Crippen MR) is 114 cm³/mol. The Morgan fingerprint density at radius 3 is 2.93 bits per heavy atom. The number of para-hydroxylation sites is 1. The average Bonchev–Trinajstić information content (AvgIpc) is 3.05. The molecule has 1 amide bonds. The first-order chi connectivity index (χ1) is 14.3. The molecule has 1 aliphatic rings. The second-order valence-electron chi connectivity index (χ2n) is 8.79. The van der Waals surface area contributed by atoms with Gasteiger partial charge in [-0.3, -0.25) is 9.69 Å². The van der Waals surface area contributed by atoms with Crippen LogP contribution >= 0.6 is 0 Å². The zero-order valence-electron chi connectivity index (χ0n) is 17.7. The number of aromatic nitrogens is 2. The van der Waals surface area contributed by atoms with Crippen molar-refractivity contribution in [3.63, 3.8) is 0 Å². The fourth-order valence-corrected chi connectivity index (χ4v) is 3.93. The van der Waals surface area contributed by atoms with Gasteiger partial charge in [0.05, 0.1) is 6.54 Å². The van der Waals surface area contributed by atoms with Crippen LogP contribution in [0.2, 0.25) is 0 Å². The number of aromatic amines is 1.